The average Bonchev–Trinajstić information content (AvgIpc) is 3.41. The molecule has 22 heteroatoms. The van der Waals surface area contributed by atoms with Crippen LogP contribution in [0.25, 0.3) is 0 Å². The van der Waals surface area contributed by atoms with E-state index in [0.717, 1.165) is 39.9 Å². The van der Waals surface area contributed by atoms with Crippen molar-refractivity contribution in [2.75, 3.05) is 0 Å². The second-order valence-corrected chi connectivity index (χ2v) is 18.9. The van der Waals surface area contributed by atoms with Gasteiger partial charge in [0.05, 0.1) is 66.7 Å². The van der Waals surface area contributed by atoms with Gasteiger partial charge in [-0.05, 0) is 86.2 Å². The predicted molar refractivity (Wildman–Crippen MR) is 280 cm³/mol. The van der Waals surface area contributed by atoms with Crippen molar-refractivity contribution in [2.45, 2.75) is 165 Å². The van der Waals surface area contributed by atoms with E-state index in [-0.39, 0.29) is 5.41 Å². The van der Waals surface area contributed by atoms with Crippen LogP contribution in [0.2, 0.25) is 0 Å². The molecule has 8 heterocycles. The molecule has 0 aliphatic heterocycles. The average molecular weight is 997 g/mol. The van der Waals surface area contributed by atoms with Crippen molar-refractivity contribution in [3.05, 3.63) is 157 Å². The lowest BCUT2D eigenvalue weighted by Crippen LogP contribution is -2.14. The first-order valence-corrected chi connectivity index (χ1v) is 24.1. The molecule has 0 atom stereocenters. The van der Waals surface area contributed by atoms with Gasteiger partial charge in [0.2, 0.25) is 0 Å². The summed E-state index contributed by atoms with van der Waals surface area (Å²) in [4.78, 5) is 19.5. The van der Waals surface area contributed by atoms with Gasteiger partial charge in [-0.15, -0.1) is 40.8 Å². The van der Waals surface area contributed by atoms with Crippen molar-refractivity contribution in [1.82, 2.24) is 112 Å². The fraction of sp³-hybridized carbons (Fsp3) is 0.490. The second kappa shape index (κ2) is 37.1. The van der Waals surface area contributed by atoms with E-state index < -0.39 is 0 Å². The molecule has 8 aromatic heterocycles. The highest BCUT2D eigenvalue weighted by atomic mass is 15.3. The molecule has 0 spiro atoms. The van der Waals surface area contributed by atoms with Crippen molar-refractivity contribution >= 4 is 0 Å². The minimum atomic E-state index is 0.0793. The van der Waals surface area contributed by atoms with Crippen molar-refractivity contribution in [1.29, 1.82) is 0 Å². The van der Waals surface area contributed by atoms with Gasteiger partial charge >= 0.3 is 0 Å². The van der Waals surface area contributed by atoms with Gasteiger partial charge in [0.25, 0.3) is 0 Å². The van der Waals surface area contributed by atoms with Crippen LogP contribution in [0.5, 0.6) is 0 Å². The van der Waals surface area contributed by atoms with Crippen LogP contribution in [0.3, 0.4) is 0 Å². The summed E-state index contributed by atoms with van der Waals surface area (Å²) in [5, 5.41) is 62.6. The van der Waals surface area contributed by atoms with Crippen molar-refractivity contribution in [3.63, 3.8) is 0 Å². The Kier molecular flexibility index (Phi) is 32.1. The van der Waals surface area contributed by atoms with Crippen LogP contribution < -0.4 is 0 Å². The summed E-state index contributed by atoms with van der Waals surface area (Å²) in [7, 11) is 0. The van der Waals surface area contributed by atoms with Gasteiger partial charge < -0.3 is 0 Å². The largest absolute Gasteiger partial charge is 0.241 e. The zero-order valence-electron chi connectivity index (χ0n) is 45.8. The lowest BCUT2D eigenvalue weighted by atomic mass is 9.92. The van der Waals surface area contributed by atoms with E-state index in [2.05, 4.69) is 216 Å². The zero-order valence-corrected chi connectivity index (χ0v) is 45.8. The van der Waals surface area contributed by atoms with E-state index in [1.807, 2.05) is 38.1 Å². The Morgan fingerprint density at radius 3 is 1.14 bits per heavy atom. The van der Waals surface area contributed by atoms with E-state index in [1.54, 1.807) is 68.2 Å². The van der Waals surface area contributed by atoms with Crippen LogP contribution in [0, 0.1) is 0 Å². The Hall–Kier alpha value is -7.78. The van der Waals surface area contributed by atoms with Crippen molar-refractivity contribution in [3.8, 4) is 0 Å². The highest BCUT2D eigenvalue weighted by Crippen LogP contribution is 2.17. The maximum absolute atomic E-state index is 4.00. The molecule has 0 unspecified atom stereocenters. The first kappa shape index (κ1) is 63.2. The molecule has 0 aliphatic rings. The standard InChI is InChI=1S/C7H11N3.2C7H10N2.5C6H9N3/c1-7(2,3)6-4-5-8-10-9-6;1-6(2)7-3-4-8-9-5-7;1-6(2)7-4-3-5-8-9-7;1-5(2)6-8-3-7-4-9-6;1-5(2)6-3-7-4-8-9-6;2*1-5(2)6-3-7-9-8-4-6;1-5(2)6-7-3-4-8-9-6/h4-5H,1-3H3;2*3-6H,1-2H3;5*3-5H,1-2H3. The van der Waals surface area contributed by atoms with E-state index in [0.29, 0.717) is 41.4 Å². The quantitative estimate of drug-likeness (QED) is 0.144. The molecular formula is C51H76N22. The predicted octanol–water partition coefficient (Wildman–Crippen LogP) is 9.34. The second-order valence-electron chi connectivity index (χ2n) is 18.9. The molecule has 0 aliphatic carbocycles. The van der Waals surface area contributed by atoms with E-state index >= 15 is 0 Å². The Balaban J connectivity index is 0.000000417. The minimum Gasteiger partial charge on any atom is -0.241 e. The number of nitrogens with zero attached hydrogens (tertiary/aromatic N) is 22. The third-order valence-corrected chi connectivity index (χ3v) is 9.23. The monoisotopic (exact) mass is 997 g/mol. The Bertz CT molecular complexity index is 2030. The summed E-state index contributed by atoms with van der Waals surface area (Å²) < 4.78 is 0. The Morgan fingerprint density at radius 1 is 0.329 bits per heavy atom. The molecule has 0 N–H and O–H groups in total. The lowest BCUT2D eigenvalue weighted by molar-refractivity contribution is 0.550. The third kappa shape index (κ3) is 30.5. The Labute approximate surface area is 432 Å². The fourth-order valence-electron chi connectivity index (χ4n) is 4.59. The molecule has 0 aromatic carbocycles. The van der Waals surface area contributed by atoms with E-state index in [1.165, 1.54) is 24.5 Å². The SMILES string of the molecule is CC(C)(C)c1ccnnn1.CC(C)c1cccnn1.CC(C)c1ccnnc1.CC(C)c1cncnn1.CC(C)c1cnnnc1.CC(C)c1cnnnc1.CC(C)c1nccnn1.CC(C)c1ncncn1. The topological polar surface area (TPSA) is 284 Å². The fourth-order valence-corrected chi connectivity index (χ4v) is 4.59. The van der Waals surface area contributed by atoms with Crippen LogP contribution in [-0.4, -0.2) is 112 Å². The van der Waals surface area contributed by atoms with Crippen molar-refractivity contribution in [2.24, 2.45) is 0 Å². The molecule has 22 nitrogen and oxygen atoms in total. The van der Waals surface area contributed by atoms with Gasteiger partial charge in [-0.2, -0.15) is 30.6 Å². The van der Waals surface area contributed by atoms with Crippen LogP contribution in [0.4, 0.5) is 0 Å². The van der Waals surface area contributed by atoms with E-state index in [4.69, 9.17) is 0 Å². The molecule has 0 radical (unpaired) electrons. The summed E-state index contributed by atoms with van der Waals surface area (Å²) >= 11 is 0. The third-order valence-electron chi connectivity index (χ3n) is 9.23. The molecule has 390 valence electrons. The van der Waals surface area contributed by atoms with Gasteiger partial charge in [0.1, 0.15) is 24.8 Å². The maximum atomic E-state index is 4.00. The summed E-state index contributed by atoms with van der Waals surface area (Å²) in [6, 6.07) is 7.75. The lowest BCUT2D eigenvalue weighted by Gasteiger charge is -2.14. The van der Waals surface area contributed by atoms with Crippen molar-refractivity contribution < 1.29 is 0 Å². The Morgan fingerprint density at radius 2 is 0.849 bits per heavy atom. The molecular weight excluding hydrogens is 921 g/mol. The number of hydrogen-bond donors (Lipinski definition) is 0. The first-order valence-electron chi connectivity index (χ1n) is 24.1. The van der Waals surface area contributed by atoms with Crippen LogP contribution in [-0.2, 0) is 5.41 Å². The molecule has 0 bridgehead atoms. The van der Waals surface area contributed by atoms with Gasteiger partial charge in [-0.3, -0.25) is 0 Å². The number of aromatic nitrogens is 22. The van der Waals surface area contributed by atoms with Crippen LogP contribution >= 0.6 is 0 Å². The van der Waals surface area contributed by atoms with Crippen LogP contribution in [0.1, 0.15) is 205 Å². The molecule has 0 saturated carbocycles. The van der Waals surface area contributed by atoms with Gasteiger partial charge in [-0.1, -0.05) is 118 Å². The smallest absolute Gasteiger partial charge is 0.153 e. The maximum Gasteiger partial charge on any atom is 0.153 e. The summed E-state index contributed by atoms with van der Waals surface area (Å²) in [5.41, 5.74) is 6.55. The summed E-state index contributed by atoms with van der Waals surface area (Å²) in [6.45, 7) is 35.4. The molecule has 8 rings (SSSR count). The molecule has 0 fully saturated rings. The minimum absolute atomic E-state index is 0.0793. The van der Waals surface area contributed by atoms with E-state index in [9.17, 15) is 0 Å². The zero-order chi connectivity index (χ0) is 54.4. The molecule has 0 amide bonds. The van der Waals surface area contributed by atoms with Gasteiger partial charge in [0.15, 0.2) is 5.82 Å². The normalized spacial score (nSPS) is 10.3. The highest BCUT2D eigenvalue weighted by molar-refractivity contribution is 5.10. The van der Waals surface area contributed by atoms with Gasteiger partial charge in [0, 0.05) is 35.8 Å². The highest BCUT2D eigenvalue weighted by Gasteiger charge is 2.14. The number of hydrogen-bond acceptors (Lipinski definition) is 22. The molecule has 8 aromatic rings. The summed E-state index contributed by atoms with van der Waals surface area (Å²) in [5.74, 6) is 4.88. The van der Waals surface area contributed by atoms with Gasteiger partial charge in [-0.25, -0.2) is 24.9 Å². The molecule has 0 saturated heterocycles. The van der Waals surface area contributed by atoms with Crippen LogP contribution in [0.15, 0.2) is 111 Å². The first-order chi connectivity index (χ1) is 34.7. The molecule has 73 heavy (non-hydrogen) atoms. The summed E-state index contributed by atoms with van der Waals surface area (Å²) in [6.07, 6.45) is 23.2. The number of rotatable bonds is 7.